The number of carbonyl (C=O) groups excluding carboxylic acids is 2. The maximum Gasteiger partial charge on any atom is 0.328 e. The summed E-state index contributed by atoms with van der Waals surface area (Å²) in [5.41, 5.74) is 5.78. The number of anilines is 2. The van der Waals surface area contributed by atoms with Crippen LogP contribution in [0.5, 0.6) is 0 Å². The lowest BCUT2D eigenvalue weighted by atomic mass is 10.1. The third-order valence-electron chi connectivity index (χ3n) is 4.14. The van der Waals surface area contributed by atoms with Gasteiger partial charge in [-0.1, -0.05) is 41.4 Å². The lowest BCUT2D eigenvalue weighted by Gasteiger charge is -2.17. The summed E-state index contributed by atoms with van der Waals surface area (Å²) in [6, 6.07) is 7.95. The molecule has 1 heterocycles. The molecule has 0 unspecified atom stereocenters. The number of nitrogens with zero attached hydrogens (tertiary/aromatic N) is 2. The summed E-state index contributed by atoms with van der Waals surface area (Å²) in [7, 11) is 0. The van der Waals surface area contributed by atoms with Crippen LogP contribution in [0.3, 0.4) is 0 Å². The molecule has 0 aliphatic rings. The summed E-state index contributed by atoms with van der Waals surface area (Å²) >= 11 is 12.5. The highest BCUT2D eigenvalue weighted by Gasteiger charge is 2.25. The van der Waals surface area contributed by atoms with Gasteiger partial charge in [-0.3, -0.25) is 4.79 Å². The van der Waals surface area contributed by atoms with Gasteiger partial charge >= 0.3 is 12.0 Å². The zero-order chi connectivity index (χ0) is 22.5. The minimum absolute atomic E-state index is 0.000482. The van der Waals surface area contributed by atoms with Crippen LogP contribution in [-0.4, -0.2) is 45.6 Å². The highest BCUT2D eigenvalue weighted by molar-refractivity contribution is 6.41. The molecule has 1 atom stereocenters. The highest BCUT2D eigenvalue weighted by atomic mass is 35.5. The molecule has 0 aliphatic heterocycles. The number of primary amides is 1. The van der Waals surface area contributed by atoms with Gasteiger partial charge in [-0.15, -0.1) is 0 Å². The van der Waals surface area contributed by atoms with Gasteiger partial charge in [0, 0.05) is 11.6 Å². The van der Waals surface area contributed by atoms with E-state index in [0.29, 0.717) is 5.52 Å². The number of urea groups is 1. The Morgan fingerprint density at radius 1 is 1.13 bits per heavy atom. The summed E-state index contributed by atoms with van der Waals surface area (Å²) in [6.45, 7) is -0.422. The van der Waals surface area contributed by atoms with Crippen molar-refractivity contribution in [3.05, 3.63) is 58.2 Å². The molecule has 0 bridgehead atoms. The van der Waals surface area contributed by atoms with Crippen molar-refractivity contribution in [3.8, 4) is 0 Å². The average molecular weight is 463 g/mol. The van der Waals surface area contributed by atoms with Crippen molar-refractivity contribution < 1.29 is 19.5 Å². The maximum atomic E-state index is 12.7. The van der Waals surface area contributed by atoms with E-state index in [4.69, 9.17) is 28.9 Å². The molecule has 3 amide bonds. The van der Waals surface area contributed by atoms with E-state index in [1.54, 1.807) is 6.20 Å². The fourth-order valence-corrected chi connectivity index (χ4v) is 3.23. The van der Waals surface area contributed by atoms with Crippen LogP contribution in [0.1, 0.15) is 10.4 Å². The molecule has 6 N–H and O–H groups in total. The molecule has 0 saturated carbocycles. The number of benzene rings is 2. The third-order valence-corrected chi connectivity index (χ3v) is 4.85. The molecular formula is C19H16Cl2N6O4. The summed E-state index contributed by atoms with van der Waals surface area (Å²) < 4.78 is 0. The van der Waals surface area contributed by atoms with Gasteiger partial charge in [0.25, 0.3) is 5.91 Å². The Bertz CT molecular complexity index is 1170. The van der Waals surface area contributed by atoms with Crippen molar-refractivity contribution in [2.24, 2.45) is 5.73 Å². The lowest BCUT2D eigenvalue weighted by Crippen LogP contribution is -2.49. The Hall–Kier alpha value is -3.63. The van der Waals surface area contributed by atoms with E-state index in [-0.39, 0.29) is 27.2 Å². The number of carbonyl (C=O) groups is 3. The van der Waals surface area contributed by atoms with Crippen molar-refractivity contribution in [2.75, 3.05) is 11.9 Å². The first kappa shape index (κ1) is 22.1. The Kier molecular flexibility index (Phi) is 6.73. The van der Waals surface area contributed by atoms with Crippen LogP contribution in [0, 0.1) is 0 Å². The minimum Gasteiger partial charge on any atom is -0.480 e. The molecule has 31 heavy (non-hydrogen) atoms. The Morgan fingerprint density at radius 2 is 1.87 bits per heavy atom. The molecular weight excluding hydrogens is 447 g/mol. The van der Waals surface area contributed by atoms with Gasteiger partial charge in [-0.05, 0) is 18.2 Å². The zero-order valence-corrected chi connectivity index (χ0v) is 17.2. The van der Waals surface area contributed by atoms with Crippen molar-refractivity contribution >= 4 is 63.6 Å². The standard InChI is InChI=1S/C19H16Cl2N6O4/c20-10-5-6-12(27-19-24-7-9-3-1-2-4-11(9)26-19)15(21)14(10)16(28)25-13(17(29)30)8-23-18(22)31/h1-7,13H,8H2,(H,25,28)(H,29,30)(H3,22,23,31)(H,24,26,27)/t13-/m0/s1. The number of halogens is 2. The second-order valence-electron chi connectivity index (χ2n) is 6.27. The van der Waals surface area contributed by atoms with E-state index in [1.165, 1.54) is 12.1 Å². The number of hydrogen-bond donors (Lipinski definition) is 5. The van der Waals surface area contributed by atoms with Gasteiger partial charge in [0.05, 0.1) is 33.4 Å². The fourth-order valence-electron chi connectivity index (χ4n) is 2.64. The van der Waals surface area contributed by atoms with Gasteiger partial charge in [0.15, 0.2) is 0 Å². The van der Waals surface area contributed by atoms with E-state index in [9.17, 15) is 19.5 Å². The van der Waals surface area contributed by atoms with Crippen molar-refractivity contribution in [3.63, 3.8) is 0 Å². The number of aliphatic carboxylic acids is 1. The van der Waals surface area contributed by atoms with E-state index in [2.05, 4.69) is 25.9 Å². The largest absolute Gasteiger partial charge is 0.480 e. The molecule has 0 radical (unpaired) electrons. The van der Waals surface area contributed by atoms with E-state index in [0.717, 1.165) is 5.39 Å². The van der Waals surface area contributed by atoms with Crippen molar-refractivity contribution in [1.29, 1.82) is 0 Å². The van der Waals surface area contributed by atoms with Crippen molar-refractivity contribution in [1.82, 2.24) is 20.6 Å². The Balaban J connectivity index is 1.85. The Labute approximate surface area is 185 Å². The number of carboxylic acid groups (broad SMARTS) is 1. The van der Waals surface area contributed by atoms with E-state index < -0.39 is 30.5 Å². The molecule has 12 heteroatoms. The number of hydrogen-bond acceptors (Lipinski definition) is 6. The normalized spacial score (nSPS) is 11.5. The molecule has 0 fully saturated rings. The monoisotopic (exact) mass is 462 g/mol. The fraction of sp³-hybridized carbons (Fsp3) is 0.105. The predicted molar refractivity (Wildman–Crippen MR) is 116 cm³/mol. The second-order valence-corrected chi connectivity index (χ2v) is 7.06. The third kappa shape index (κ3) is 5.30. The van der Waals surface area contributed by atoms with Gasteiger partial charge in [0.1, 0.15) is 6.04 Å². The SMILES string of the molecule is NC(=O)NC[C@H](NC(=O)c1c(Cl)ccc(Nc2ncc3ccccc3n2)c1Cl)C(=O)O. The van der Waals surface area contributed by atoms with Crippen LogP contribution in [0.15, 0.2) is 42.6 Å². The summed E-state index contributed by atoms with van der Waals surface area (Å²) in [6.07, 6.45) is 1.63. The number of fused-ring (bicyclic) bond motifs is 1. The number of nitrogens with one attached hydrogen (secondary N) is 3. The summed E-state index contributed by atoms with van der Waals surface area (Å²) in [4.78, 5) is 43.5. The van der Waals surface area contributed by atoms with Crippen molar-refractivity contribution in [2.45, 2.75) is 6.04 Å². The topological polar surface area (TPSA) is 159 Å². The van der Waals surface area contributed by atoms with Crippen LogP contribution < -0.4 is 21.7 Å². The number of rotatable bonds is 7. The molecule has 160 valence electrons. The van der Waals surface area contributed by atoms with Gasteiger partial charge in [-0.25, -0.2) is 19.6 Å². The Morgan fingerprint density at radius 3 is 2.58 bits per heavy atom. The van der Waals surface area contributed by atoms with Gasteiger partial charge in [-0.2, -0.15) is 0 Å². The van der Waals surface area contributed by atoms with Gasteiger partial charge in [0.2, 0.25) is 5.95 Å². The molecule has 2 aromatic carbocycles. The number of amides is 3. The average Bonchev–Trinajstić information content (AvgIpc) is 2.72. The number of aromatic nitrogens is 2. The van der Waals surface area contributed by atoms with Crippen LogP contribution in [-0.2, 0) is 4.79 Å². The molecule has 1 aromatic heterocycles. The first-order valence-corrected chi connectivity index (χ1v) is 9.55. The molecule has 0 aliphatic carbocycles. The summed E-state index contributed by atoms with van der Waals surface area (Å²) in [5.74, 6) is -1.99. The zero-order valence-electron chi connectivity index (χ0n) is 15.7. The van der Waals surface area contributed by atoms with Gasteiger partial charge < -0.3 is 26.8 Å². The second kappa shape index (κ2) is 9.45. The molecule has 10 nitrogen and oxygen atoms in total. The number of nitrogens with two attached hydrogens (primary N) is 1. The molecule has 0 saturated heterocycles. The van der Waals surface area contributed by atoms with Crippen LogP contribution in [0.2, 0.25) is 10.0 Å². The van der Waals surface area contributed by atoms with Crippen LogP contribution in [0.25, 0.3) is 10.9 Å². The van der Waals surface area contributed by atoms with Crippen LogP contribution in [0.4, 0.5) is 16.4 Å². The number of para-hydroxylation sites is 1. The van der Waals surface area contributed by atoms with E-state index >= 15 is 0 Å². The smallest absolute Gasteiger partial charge is 0.328 e. The highest BCUT2D eigenvalue weighted by Crippen LogP contribution is 2.33. The maximum absolute atomic E-state index is 12.7. The minimum atomic E-state index is -1.45. The first-order valence-electron chi connectivity index (χ1n) is 8.80. The lowest BCUT2D eigenvalue weighted by molar-refractivity contribution is -0.139. The molecule has 3 aromatic rings. The first-order chi connectivity index (χ1) is 14.8. The quantitative estimate of drug-likeness (QED) is 0.360. The predicted octanol–water partition coefficient (Wildman–Crippen LogP) is 2.53. The van der Waals surface area contributed by atoms with E-state index in [1.807, 2.05) is 24.3 Å². The molecule has 0 spiro atoms. The number of carboxylic acids is 1. The summed E-state index contributed by atoms with van der Waals surface area (Å²) in [5, 5.41) is 17.3. The molecule has 3 rings (SSSR count). The van der Waals surface area contributed by atoms with Crippen LogP contribution >= 0.6 is 23.2 Å².